The van der Waals surface area contributed by atoms with Crippen LogP contribution in [0.1, 0.15) is 28.9 Å². The Hall–Kier alpha value is -1.86. The molecule has 4 heteroatoms. The second-order valence-corrected chi connectivity index (χ2v) is 3.64. The number of hydrogen-bond donors (Lipinski definition) is 2. The molecule has 0 saturated heterocycles. The van der Waals surface area contributed by atoms with E-state index in [0.717, 1.165) is 12.8 Å². The molecule has 0 aromatic carbocycles. The molecule has 16 heavy (non-hydrogen) atoms. The van der Waals surface area contributed by atoms with Crippen LogP contribution in [0.2, 0.25) is 0 Å². The SMILES string of the molecule is O=C(NC1CC1)c1ccc(C#CCO)cn1. The van der Waals surface area contributed by atoms with Gasteiger partial charge in [0, 0.05) is 17.8 Å². The molecule has 1 fully saturated rings. The molecule has 0 radical (unpaired) electrons. The maximum absolute atomic E-state index is 11.6. The van der Waals surface area contributed by atoms with Crippen LogP contribution in [0.5, 0.6) is 0 Å². The lowest BCUT2D eigenvalue weighted by Gasteiger charge is -2.01. The summed E-state index contributed by atoms with van der Waals surface area (Å²) in [5, 5.41) is 11.4. The number of carbonyl (C=O) groups is 1. The summed E-state index contributed by atoms with van der Waals surface area (Å²) in [7, 11) is 0. The van der Waals surface area contributed by atoms with Crippen LogP contribution in [-0.4, -0.2) is 28.6 Å². The minimum Gasteiger partial charge on any atom is -0.384 e. The third-order valence-electron chi connectivity index (χ3n) is 2.22. The largest absolute Gasteiger partial charge is 0.384 e. The van der Waals surface area contributed by atoms with Gasteiger partial charge in [-0.3, -0.25) is 4.79 Å². The number of aromatic nitrogens is 1. The summed E-state index contributed by atoms with van der Waals surface area (Å²) in [5.41, 5.74) is 1.10. The molecule has 1 heterocycles. The van der Waals surface area contributed by atoms with Gasteiger partial charge in [-0.25, -0.2) is 4.98 Å². The number of pyridine rings is 1. The van der Waals surface area contributed by atoms with Crippen molar-refractivity contribution in [1.29, 1.82) is 0 Å². The van der Waals surface area contributed by atoms with E-state index in [2.05, 4.69) is 22.1 Å². The van der Waals surface area contributed by atoms with Crippen LogP contribution in [0, 0.1) is 11.8 Å². The second kappa shape index (κ2) is 4.77. The van der Waals surface area contributed by atoms with Gasteiger partial charge in [0.1, 0.15) is 12.3 Å². The Morgan fingerprint density at radius 3 is 2.94 bits per heavy atom. The van der Waals surface area contributed by atoms with Crippen molar-refractivity contribution in [3.63, 3.8) is 0 Å². The monoisotopic (exact) mass is 216 g/mol. The smallest absolute Gasteiger partial charge is 0.270 e. The Balaban J connectivity index is 2.02. The topological polar surface area (TPSA) is 62.2 Å². The van der Waals surface area contributed by atoms with E-state index in [-0.39, 0.29) is 12.5 Å². The third kappa shape index (κ3) is 2.81. The Labute approximate surface area is 93.7 Å². The summed E-state index contributed by atoms with van der Waals surface area (Å²) < 4.78 is 0. The zero-order chi connectivity index (χ0) is 11.4. The van der Waals surface area contributed by atoms with Gasteiger partial charge in [-0.15, -0.1) is 0 Å². The molecular weight excluding hydrogens is 204 g/mol. The number of aliphatic hydroxyl groups excluding tert-OH is 1. The van der Waals surface area contributed by atoms with E-state index < -0.39 is 0 Å². The van der Waals surface area contributed by atoms with E-state index in [1.807, 2.05) is 0 Å². The summed E-state index contributed by atoms with van der Waals surface area (Å²) >= 11 is 0. The first kappa shape index (κ1) is 10.7. The predicted molar refractivity (Wildman–Crippen MR) is 58.7 cm³/mol. The average Bonchev–Trinajstić information content (AvgIpc) is 3.11. The van der Waals surface area contributed by atoms with Crippen molar-refractivity contribution >= 4 is 5.91 Å². The van der Waals surface area contributed by atoms with E-state index in [0.29, 0.717) is 17.3 Å². The molecule has 1 aromatic heterocycles. The quantitative estimate of drug-likeness (QED) is 0.700. The number of amides is 1. The van der Waals surface area contributed by atoms with Gasteiger partial charge < -0.3 is 10.4 Å². The maximum Gasteiger partial charge on any atom is 0.270 e. The Morgan fingerprint density at radius 2 is 2.38 bits per heavy atom. The fraction of sp³-hybridized carbons (Fsp3) is 0.333. The van der Waals surface area contributed by atoms with E-state index >= 15 is 0 Å². The average molecular weight is 216 g/mol. The Morgan fingerprint density at radius 1 is 1.56 bits per heavy atom. The van der Waals surface area contributed by atoms with Gasteiger partial charge in [0.25, 0.3) is 5.91 Å². The van der Waals surface area contributed by atoms with E-state index in [4.69, 9.17) is 5.11 Å². The molecule has 82 valence electrons. The molecule has 0 unspecified atom stereocenters. The number of nitrogens with one attached hydrogen (secondary N) is 1. The highest BCUT2D eigenvalue weighted by molar-refractivity contribution is 5.92. The lowest BCUT2D eigenvalue weighted by Crippen LogP contribution is -2.26. The summed E-state index contributed by atoms with van der Waals surface area (Å²) in [4.78, 5) is 15.6. The maximum atomic E-state index is 11.6. The van der Waals surface area contributed by atoms with Gasteiger partial charge in [0.15, 0.2) is 0 Å². The van der Waals surface area contributed by atoms with Crippen LogP contribution in [-0.2, 0) is 0 Å². The van der Waals surface area contributed by atoms with Gasteiger partial charge >= 0.3 is 0 Å². The summed E-state index contributed by atoms with van der Waals surface area (Å²) in [6.45, 7) is -0.177. The van der Waals surface area contributed by atoms with Crippen LogP contribution in [0.3, 0.4) is 0 Å². The molecule has 1 saturated carbocycles. The molecular formula is C12H12N2O2. The normalized spacial score (nSPS) is 13.8. The highest BCUT2D eigenvalue weighted by atomic mass is 16.2. The van der Waals surface area contributed by atoms with Crippen molar-refractivity contribution in [2.24, 2.45) is 0 Å². The molecule has 1 amide bonds. The zero-order valence-electron chi connectivity index (χ0n) is 8.73. The van der Waals surface area contributed by atoms with Crippen molar-refractivity contribution in [2.75, 3.05) is 6.61 Å². The molecule has 0 spiro atoms. The van der Waals surface area contributed by atoms with Crippen molar-refractivity contribution in [3.8, 4) is 11.8 Å². The number of hydrogen-bond acceptors (Lipinski definition) is 3. The van der Waals surface area contributed by atoms with Crippen LogP contribution >= 0.6 is 0 Å². The van der Waals surface area contributed by atoms with Gasteiger partial charge in [-0.2, -0.15) is 0 Å². The molecule has 2 N–H and O–H groups in total. The molecule has 4 nitrogen and oxygen atoms in total. The van der Waals surface area contributed by atoms with Crippen LogP contribution in [0.25, 0.3) is 0 Å². The molecule has 1 aliphatic carbocycles. The highest BCUT2D eigenvalue weighted by Gasteiger charge is 2.24. The lowest BCUT2D eigenvalue weighted by molar-refractivity contribution is 0.0946. The molecule has 1 aliphatic rings. The first-order chi connectivity index (χ1) is 7.79. The molecule has 1 aromatic rings. The standard InChI is InChI=1S/C12H12N2O2/c15-7-1-2-9-3-6-11(13-8-9)12(16)14-10-4-5-10/h3,6,8,10,15H,4-5,7H2,(H,14,16). The minimum absolute atomic E-state index is 0.135. The predicted octanol–water partition coefficient (Wildman–Crippen LogP) is 0.318. The fourth-order valence-electron chi connectivity index (χ4n) is 1.23. The fourth-order valence-corrected chi connectivity index (χ4v) is 1.23. The van der Waals surface area contributed by atoms with Crippen LogP contribution in [0.15, 0.2) is 18.3 Å². The molecule has 0 bridgehead atoms. The van der Waals surface area contributed by atoms with Crippen molar-refractivity contribution in [2.45, 2.75) is 18.9 Å². The number of aliphatic hydroxyl groups is 1. The first-order valence-corrected chi connectivity index (χ1v) is 5.16. The molecule has 0 aliphatic heterocycles. The highest BCUT2D eigenvalue weighted by Crippen LogP contribution is 2.18. The lowest BCUT2D eigenvalue weighted by atomic mass is 10.2. The third-order valence-corrected chi connectivity index (χ3v) is 2.22. The Kier molecular flexibility index (Phi) is 3.18. The number of carbonyl (C=O) groups excluding carboxylic acids is 1. The van der Waals surface area contributed by atoms with Crippen LogP contribution in [0.4, 0.5) is 0 Å². The van der Waals surface area contributed by atoms with E-state index in [1.165, 1.54) is 6.20 Å². The van der Waals surface area contributed by atoms with Gasteiger partial charge in [0.2, 0.25) is 0 Å². The number of nitrogens with zero attached hydrogens (tertiary/aromatic N) is 1. The summed E-state index contributed by atoms with van der Waals surface area (Å²) in [6, 6.07) is 3.69. The zero-order valence-corrected chi connectivity index (χ0v) is 8.73. The second-order valence-electron chi connectivity index (χ2n) is 3.64. The molecule has 2 rings (SSSR count). The van der Waals surface area contributed by atoms with E-state index in [1.54, 1.807) is 12.1 Å². The first-order valence-electron chi connectivity index (χ1n) is 5.16. The van der Waals surface area contributed by atoms with Gasteiger partial charge in [0.05, 0.1) is 0 Å². The van der Waals surface area contributed by atoms with E-state index in [9.17, 15) is 4.79 Å². The van der Waals surface area contributed by atoms with Crippen molar-refractivity contribution in [3.05, 3.63) is 29.6 Å². The molecule has 0 atom stereocenters. The number of rotatable bonds is 2. The van der Waals surface area contributed by atoms with Gasteiger partial charge in [-0.05, 0) is 25.0 Å². The summed E-state index contributed by atoms with van der Waals surface area (Å²) in [5.74, 6) is 5.10. The van der Waals surface area contributed by atoms with Crippen LogP contribution < -0.4 is 5.32 Å². The van der Waals surface area contributed by atoms with Crippen molar-refractivity contribution in [1.82, 2.24) is 10.3 Å². The Bertz CT molecular complexity index is 438. The summed E-state index contributed by atoms with van der Waals surface area (Å²) in [6.07, 6.45) is 3.65. The van der Waals surface area contributed by atoms with Gasteiger partial charge in [-0.1, -0.05) is 11.8 Å². The van der Waals surface area contributed by atoms with Crippen molar-refractivity contribution < 1.29 is 9.90 Å². The minimum atomic E-state index is -0.177.